The Hall–Kier alpha value is -1.92. The van der Waals surface area contributed by atoms with Gasteiger partial charge in [0.15, 0.2) is 5.41 Å². The Bertz CT molecular complexity index is 514. The van der Waals surface area contributed by atoms with E-state index in [-0.39, 0.29) is 5.69 Å². The molecule has 0 fully saturated rings. The van der Waals surface area contributed by atoms with Crippen LogP contribution in [0.3, 0.4) is 0 Å². The molecule has 0 aromatic heterocycles. The molecule has 6 heteroatoms. The van der Waals surface area contributed by atoms with E-state index in [2.05, 4.69) is 15.9 Å². The van der Waals surface area contributed by atoms with Crippen molar-refractivity contribution < 1.29 is 4.92 Å². The van der Waals surface area contributed by atoms with Crippen molar-refractivity contribution in [1.82, 2.24) is 0 Å². The maximum Gasteiger partial charge on any atom is 0.270 e. The van der Waals surface area contributed by atoms with Crippen molar-refractivity contribution >= 4 is 21.6 Å². The van der Waals surface area contributed by atoms with Crippen LogP contribution in [0.15, 0.2) is 22.7 Å². The number of hydrogen-bond acceptors (Lipinski definition) is 4. The third-order valence-electron chi connectivity index (χ3n) is 2.15. The lowest BCUT2D eigenvalue weighted by atomic mass is 9.86. The first-order chi connectivity index (χ1) is 7.44. The average molecular weight is 280 g/mol. The predicted molar refractivity (Wildman–Crippen MR) is 59.4 cm³/mol. The topological polar surface area (TPSA) is 90.7 Å². The van der Waals surface area contributed by atoms with Crippen molar-refractivity contribution in [3.63, 3.8) is 0 Å². The lowest BCUT2D eigenvalue weighted by Crippen LogP contribution is -2.17. The molecule has 0 saturated heterocycles. The van der Waals surface area contributed by atoms with Crippen LogP contribution in [0.5, 0.6) is 0 Å². The zero-order chi connectivity index (χ0) is 12.3. The Balaban J connectivity index is 3.36. The van der Waals surface area contributed by atoms with Gasteiger partial charge in [-0.25, -0.2) is 0 Å². The van der Waals surface area contributed by atoms with E-state index in [4.69, 9.17) is 10.5 Å². The highest BCUT2D eigenvalue weighted by Gasteiger charge is 2.29. The molecule has 0 aliphatic heterocycles. The molecule has 1 aromatic rings. The van der Waals surface area contributed by atoms with Gasteiger partial charge in [-0.2, -0.15) is 10.5 Å². The Morgan fingerprint density at radius 3 is 2.38 bits per heavy atom. The van der Waals surface area contributed by atoms with E-state index in [1.54, 1.807) is 0 Å². The Labute approximate surface area is 100 Å². The molecule has 0 aliphatic rings. The lowest BCUT2D eigenvalue weighted by Gasteiger charge is -2.14. The van der Waals surface area contributed by atoms with Gasteiger partial charge in [0.05, 0.1) is 17.1 Å². The number of halogens is 1. The van der Waals surface area contributed by atoms with Crippen molar-refractivity contribution in [3.8, 4) is 12.1 Å². The van der Waals surface area contributed by atoms with E-state index in [9.17, 15) is 10.1 Å². The van der Waals surface area contributed by atoms with E-state index in [0.29, 0.717) is 10.0 Å². The quantitative estimate of drug-likeness (QED) is 0.615. The molecular formula is C10H6BrN3O2. The van der Waals surface area contributed by atoms with E-state index < -0.39 is 10.3 Å². The van der Waals surface area contributed by atoms with Crippen molar-refractivity contribution in [2.75, 3.05) is 0 Å². The third kappa shape index (κ3) is 2.02. The molecule has 80 valence electrons. The molecule has 0 N–H and O–H groups in total. The summed E-state index contributed by atoms with van der Waals surface area (Å²) in [5.41, 5.74) is -0.981. The fourth-order valence-electron chi connectivity index (χ4n) is 1.17. The Kier molecular flexibility index (Phi) is 3.26. The van der Waals surface area contributed by atoms with Crippen LogP contribution in [0.2, 0.25) is 0 Å². The van der Waals surface area contributed by atoms with Gasteiger partial charge < -0.3 is 0 Å². The molecule has 0 atom stereocenters. The molecule has 0 heterocycles. The van der Waals surface area contributed by atoms with Crippen LogP contribution in [0.4, 0.5) is 5.69 Å². The molecule has 1 rings (SSSR count). The van der Waals surface area contributed by atoms with E-state index >= 15 is 0 Å². The summed E-state index contributed by atoms with van der Waals surface area (Å²) in [7, 11) is 0. The molecule has 0 amide bonds. The summed E-state index contributed by atoms with van der Waals surface area (Å²) < 4.78 is 0.382. The molecule has 16 heavy (non-hydrogen) atoms. The fraction of sp³-hybridized carbons (Fsp3) is 0.200. The number of hydrogen-bond donors (Lipinski definition) is 0. The molecule has 0 unspecified atom stereocenters. The standard InChI is InChI=1S/C10H6BrN3O2/c1-10(5-12,6-13)8-3-2-7(14(15)16)4-9(8)11/h2-4H,1H3. The van der Waals surface area contributed by atoms with Gasteiger partial charge in [0.2, 0.25) is 0 Å². The molecular weight excluding hydrogens is 274 g/mol. The molecule has 5 nitrogen and oxygen atoms in total. The van der Waals surface area contributed by atoms with Gasteiger partial charge in [0, 0.05) is 22.2 Å². The zero-order valence-electron chi connectivity index (χ0n) is 8.27. The van der Waals surface area contributed by atoms with Gasteiger partial charge in [-0.3, -0.25) is 10.1 Å². The second-order valence-electron chi connectivity index (χ2n) is 3.27. The molecule has 0 bridgehead atoms. The van der Waals surface area contributed by atoms with E-state index in [0.717, 1.165) is 0 Å². The number of nitro benzene ring substituents is 1. The second kappa shape index (κ2) is 4.30. The maximum atomic E-state index is 10.5. The summed E-state index contributed by atoms with van der Waals surface area (Å²) in [6.45, 7) is 1.46. The van der Waals surface area contributed by atoms with Gasteiger partial charge >= 0.3 is 0 Å². The van der Waals surface area contributed by atoms with Gasteiger partial charge in [-0.1, -0.05) is 15.9 Å². The number of rotatable bonds is 2. The minimum Gasteiger partial charge on any atom is -0.258 e. The summed E-state index contributed by atoms with van der Waals surface area (Å²) in [6, 6.07) is 7.71. The number of non-ortho nitro benzene ring substituents is 1. The Morgan fingerprint density at radius 1 is 1.44 bits per heavy atom. The highest BCUT2D eigenvalue weighted by Crippen LogP contribution is 2.32. The molecule has 1 aromatic carbocycles. The first-order valence-corrected chi connectivity index (χ1v) is 5.01. The van der Waals surface area contributed by atoms with Crippen LogP contribution < -0.4 is 0 Å². The smallest absolute Gasteiger partial charge is 0.258 e. The van der Waals surface area contributed by atoms with Crippen molar-refractivity contribution in [2.24, 2.45) is 0 Å². The van der Waals surface area contributed by atoms with Gasteiger partial charge in [0.25, 0.3) is 5.69 Å². The van der Waals surface area contributed by atoms with E-state index in [1.807, 2.05) is 12.1 Å². The van der Waals surface area contributed by atoms with Crippen LogP contribution in [-0.2, 0) is 5.41 Å². The first-order valence-electron chi connectivity index (χ1n) is 4.21. The largest absolute Gasteiger partial charge is 0.270 e. The van der Waals surface area contributed by atoms with Crippen LogP contribution in [0.25, 0.3) is 0 Å². The number of nitrogens with zero attached hydrogens (tertiary/aromatic N) is 3. The second-order valence-corrected chi connectivity index (χ2v) is 4.12. The summed E-state index contributed by atoms with van der Waals surface area (Å²) >= 11 is 3.13. The molecule has 0 spiro atoms. The monoisotopic (exact) mass is 279 g/mol. The summed E-state index contributed by atoms with van der Waals surface area (Å²) in [6.07, 6.45) is 0. The summed E-state index contributed by atoms with van der Waals surface area (Å²) in [4.78, 5) is 9.97. The van der Waals surface area contributed by atoms with Crippen LogP contribution >= 0.6 is 15.9 Å². The minimum absolute atomic E-state index is 0.0890. The lowest BCUT2D eigenvalue weighted by molar-refractivity contribution is -0.384. The maximum absolute atomic E-state index is 10.5. The SMILES string of the molecule is CC(C#N)(C#N)c1ccc([N+](=O)[O-])cc1Br. The van der Waals surface area contributed by atoms with Crippen LogP contribution in [-0.4, -0.2) is 4.92 Å². The number of nitro groups is 1. The normalized spacial score (nSPS) is 10.2. The molecule has 0 saturated carbocycles. The minimum atomic E-state index is -1.31. The van der Waals surface area contributed by atoms with Gasteiger partial charge in [-0.05, 0) is 13.0 Å². The predicted octanol–water partition coefficient (Wildman–Crippen LogP) is 2.66. The highest BCUT2D eigenvalue weighted by atomic mass is 79.9. The van der Waals surface area contributed by atoms with Crippen LogP contribution in [0.1, 0.15) is 12.5 Å². The highest BCUT2D eigenvalue weighted by molar-refractivity contribution is 9.10. The average Bonchev–Trinajstić information content (AvgIpc) is 2.27. The molecule has 0 radical (unpaired) electrons. The first kappa shape index (κ1) is 12.2. The summed E-state index contributed by atoms with van der Waals surface area (Å²) in [5, 5.41) is 28.3. The van der Waals surface area contributed by atoms with Crippen LogP contribution in [0, 0.1) is 32.8 Å². The Morgan fingerprint density at radius 2 is 2.00 bits per heavy atom. The van der Waals surface area contributed by atoms with Gasteiger partial charge in [0.1, 0.15) is 0 Å². The van der Waals surface area contributed by atoms with E-state index in [1.165, 1.54) is 25.1 Å². The van der Waals surface area contributed by atoms with Crippen molar-refractivity contribution in [1.29, 1.82) is 10.5 Å². The van der Waals surface area contributed by atoms with Crippen molar-refractivity contribution in [2.45, 2.75) is 12.3 Å². The van der Waals surface area contributed by atoms with Gasteiger partial charge in [-0.15, -0.1) is 0 Å². The zero-order valence-corrected chi connectivity index (χ0v) is 9.85. The molecule has 0 aliphatic carbocycles. The third-order valence-corrected chi connectivity index (χ3v) is 2.81. The fourth-order valence-corrected chi connectivity index (χ4v) is 1.93. The van der Waals surface area contributed by atoms with Crippen molar-refractivity contribution in [3.05, 3.63) is 38.3 Å². The number of benzene rings is 1. The number of nitriles is 2. The summed E-state index contributed by atoms with van der Waals surface area (Å²) in [5.74, 6) is 0.